The first kappa shape index (κ1) is 16.9. The van der Waals surface area contributed by atoms with Crippen LogP contribution in [0.1, 0.15) is 10.4 Å². The summed E-state index contributed by atoms with van der Waals surface area (Å²) in [5.74, 6) is -1.56. The van der Waals surface area contributed by atoms with E-state index in [1.165, 1.54) is 24.3 Å². The summed E-state index contributed by atoms with van der Waals surface area (Å²) in [6, 6.07) is 13.4. The first-order valence-corrected chi connectivity index (χ1v) is 7.68. The fourth-order valence-electron chi connectivity index (χ4n) is 2.17. The lowest BCUT2D eigenvalue weighted by Gasteiger charge is -2.07. The Hall–Kier alpha value is -2.99. The Balaban J connectivity index is 1.61. The van der Waals surface area contributed by atoms with Gasteiger partial charge in [0, 0.05) is 11.1 Å². The maximum atomic E-state index is 12.8. The number of carbonyl (C=O) groups is 2. The number of nitrogens with zero attached hydrogens (tertiary/aromatic N) is 1. The van der Waals surface area contributed by atoms with Crippen LogP contribution in [-0.4, -0.2) is 23.5 Å². The van der Waals surface area contributed by atoms with Crippen molar-refractivity contribution in [3.8, 4) is 0 Å². The minimum atomic E-state index is -0.633. The predicted octanol–water partition coefficient (Wildman–Crippen LogP) is 3.82. The van der Waals surface area contributed by atoms with Gasteiger partial charge in [-0.15, -0.1) is 0 Å². The third-order valence-electron chi connectivity index (χ3n) is 3.35. The molecule has 5 nitrogen and oxygen atoms in total. The van der Waals surface area contributed by atoms with Gasteiger partial charge in [-0.2, -0.15) is 0 Å². The van der Waals surface area contributed by atoms with Crippen molar-refractivity contribution in [1.29, 1.82) is 0 Å². The predicted molar refractivity (Wildman–Crippen MR) is 92.1 cm³/mol. The van der Waals surface area contributed by atoms with Gasteiger partial charge in [0.15, 0.2) is 6.61 Å². The average Bonchev–Trinajstić information content (AvgIpc) is 2.61. The van der Waals surface area contributed by atoms with Crippen molar-refractivity contribution >= 4 is 40.1 Å². The molecule has 7 heteroatoms. The minimum Gasteiger partial charge on any atom is -0.452 e. The summed E-state index contributed by atoms with van der Waals surface area (Å²) in [5, 5.41) is 3.60. The van der Waals surface area contributed by atoms with Crippen molar-refractivity contribution in [2.45, 2.75) is 0 Å². The van der Waals surface area contributed by atoms with Crippen LogP contribution in [0.3, 0.4) is 0 Å². The van der Waals surface area contributed by atoms with Crippen LogP contribution in [0.4, 0.5) is 10.1 Å². The molecule has 0 aliphatic rings. The SMILES string of the molecule is O=C(COC(=O)c1ccc2nc(Cl)ccc2c1)Nc1ccc(F)cc1. The molecule has 3 aromatic rings. The molecule has 0 saturated carbocycles. The van der Waals surface area contributed by atoms with Crippen molar-refractivity contribution in [3.63, 3.8) is 0 Å². The summed E-state index contributed by atoms with van der Waals surface area (Å²) in [6.07, 6.45) is 0. The van der Waals surface area contributed by atoms with Crippen molar-refractivity contribution in [3.05, 3.63) is 71.1 Å². The molecular formula is C18H12ClFN2O3. The molecule has 0 bridgehead atoms. The van der Waals surface area contributed by atoms with E-state index in [4.69, 9.17) is 16.3 Å². The molecule has 126 valence electrons. The second-order valence-corrected chi connectivity index (χ2v) is 5.56. The van der Waals surface area contributed by atoms with E-state index in [0.29, 0.717) is 21.9 Å². The van der Waals surface area contributed by atoms with Crippen molar-refractivity contribution in [1.82, 2.24) is 4.98 Å². The van der Waals surface area contributed by atoms with Gasteiger partial charge >= 0.3 is 5.97 Å². The molecule has 0 spiro atoms. The largest absolute Gasteiger partial charge is 0.452 e. The number of aromatic nitrogens is 1. The first-order chi connectivity index (χ1) is 12.0. The van der Waals surface area contributed by atoms with Crippen LogP contribution in [0.5, 0.6) is 0 Å². The number of nitrogens with one attached hydrogen (secondary N) is 1. The highest BCUT2D eigenvalue weighted by Crippen LogP contribution is 2.17. The number of esters is 1. The number of anilines is 1. The number of halogens is 2. The van der Waals surface area contributed by atoms with E-state index >= 15 is 0 Å². The van der Waals surface area contributed by atoms with Crippen LogP contribution in [0, 0.1) is 5.82 Å². The monoisotopic (exact) mass is 358 g/mol. The summed E-state index contributed by atoms with van der Waals surface area (Å²) in [7, 11) is 0. The highest BCUT2D eigenvalue weighted by Gasteiger charge is 2.11. The summed E-state index contributed by atoms with van der Waals surface area (Å²) < 4.78 is 17.8. The smallest absolute Gasteiger partial charge is 0.338 e. The molecule has 3 rings (SSSR count). The Morgan fingerprint density at radius 3 is 2.60 bits per heavy atom. The van der Waals surface area contributed by atoms with Crippen LogP contribution in [0.25, 0.3) is 10.9 Å². The summed E-state index contributed by atoms with van der Waals surface area (Å²) in [6.45, 7) is -0.451. The highest BCUT2D eigenvalue weighted by molar-refractivity contribution is 6.29. The van der Waals surface area contributed by atoms with E-state index in [0.717, 1.165) is 5.39 Å². The van der Waals surface area contributed by atoms with Gasteiger partial charge in [-0.3, -0.25) is 4.79 Å². The molecule has 0 saturated heterocycles. The molecule has 0 unspecified atom stereocenters. The quantitative estimate of drug-likeness (QED) is 0.568. The van der Waals surface area contributed by atoms with E-state index in [-0.39, 0.29) is 0 Å². The molecule has 0 atom stereocenters. The Bertz CT molecular complexity index is 945. The molecule has 1 heterocycles. The Labute approximate surface area is 147 Å². The van der Waals surface area contributed by atoms with Crippen molar-refractivity contribution < 1.29 is 18.7 Å². The van der Waals surface area contributed by atoms with Crippen molar-refractivity contribution in [2.75, 3.05) is 11.9 Å². The second kappa shape index (κ2) is 7.27. The number of ether oxygens (including phenoxy) is 1. The van der Waals surface area contributed by atoms with Gasteiger partial charge in [0.05, 0.1) is 11.1 Å². The van der Waals surface area contributed by atoms with Crippen LogP contribution >= 0.6 is 11.6 Å². The molecular weight excluding hydrogens is 347 g/mol. The molecule has 1 N–H and O–H groups in total. The Morgan fingerprint density at radius 1 is 1.08 bits per heavy atom. The minimum absolute atomic E-state index is 0.297. The molecule has 0 aliphatic heterocycles. The van der Waals surface area contributed by atoms with Crippen LogP contribution in [0.2, 0.25) is 5.15 Å². The number of carbonyl (C=O) groups excluding carboxylic acids is 2. The first-order valence-electron chi connectivity index (χ1n) is 7.30. The third-order valence-corrected chi connectivity index (χ3v) is 3.56. The van der Waals surface area contributed by atoms with Gasteiger partial charge in [0.25, 0.3) is 5.91 Å². The van der Waals surface area contributed by atoms with Gasteiger partial charge in [-0.1, -0.05) is 11.6 Å². The lowest BCUT2D eigenvalue weighted by molar-refractivity contribution is -0.119. The lowest BCUT2D eigenvalue weighted by atomic mass is 10.1. The average molecular weight is 359 g/mol. The fourth-order valence-corrected chi connectivity index (χ4v) is 2.33. The Kier molecular flexibility index (Phi) is 4.90. The molecule has 0 aliphatic carbocycles. The summed E-state index contributed by atoms with van der Waals surface area (Å²) in [5.41, 5.74) is 1.36. The number of fused-ring (bicyclic) bond motifs is 1. The number of benzene rings is 2. The molecule has 2 aromatic carbocycles. The Morgan fingerprint density at radius 2 is 1.84 bits per heavy atom. The van der Waals surface area contributed by atoms with E-state index < -0.39 is 24.3 Å². The van der Waals surface area contributed by atoms with Gasteiger partial charge in [-0.05, 0) is 54.6 Å². The molecule has 1 amide bonds. The third kappa shape index (κ3) is 4.30. The zero-order chi connectivity index (χ0) is 17.8. The zero-order valence-corrected chi connectivity index (χ0v) is 13.6. The molecule has 0 fully saturated rings. The number of pyridine rings is 1. The van der Waals surface area contributed by atoms with E-state index in [1.807, 2.05) is 0 Å². The number of hydrogen-bond acceptors (Lipinski definition) is 4. The van der Waals surface area contributed by atoms with Gasteiger partial charge in [0.1, 0.15) is 11.0 Å². The molecule has 1 aromatic heterocycles. The summed E-state index contributed by atoms with van der Waals surface area (Å²) >= 11 is 5.81. The second-order valence-electron chi connectivity index (χ2n) is 5.17. The van der Waals surface area contributed by atoms with Crippen LogP contribution in [-0.2, 0) is 9.53 Å². The van der Waals surface area contributed by atoms with Crippen LogP contribution in [0.15, 0.2) is 54.6 Å². The maximum Gasteiger partial charge on any atom is 0.338 e. The van der Waals surface area contributed by atoms with E-state index in [2.05, 4.69) is 10.3 Å². The van der Waals surface area contributed by atoms with Gasteiger partial charge in [-0.25, -0.2) is 14.2 Å². The number of amides is 1. The summed E-state index contributed by atoms with van der Waals surface area (Å²) in [4.78, 5) is 28.0. The lowest BCUT2D eigenvalue weighted by Crippen LogP contribution is -2.20. The number of hydrogen-bond donors (Lipinski definition) is 1. The van der Waals surface area contributed by atoms with Crippen LogP contribution < -0.4 is 5.32 Å². The molecule has 0 radical (unpaired) electrons. The standard InChI is InChI=1S/C18H12ClFN2O3/c19-16-8-2-11-9-12(1-7-15(11)22-16)18(24)25-10-17(23)21-14-5-3-13(20)4-6-14/h1-9H,10H2,(H,21,23). The topological polar surface area (TPSA) is 68.3 Å². The normalized spacial score (nSPS) is 10.5. The van der Waals surface area contributed by atoms with E-state index in [9.17, 15) is 14.0 Å². The van der Waals surface area contributed by atoms with Crippen molar-refractivity contribution in [2.24, 2.45) is 0 Å². The maximum absolute atomic E-state index is 12.8. The number of rotatable bonds is 4. The van der Waals surface area contributed by atoms with E-state index in [1.54, 1.807) is 30.3 Å². The zero-order valence-electron chi connectivity index (χ0n) is 12.8. The highest BCUT2D eigenvalue weighted by atomic mass is 35.5. The van der Waals surface area contributed by atoms with Gasteiger partial charge < -0.3 is 10.1 Å². The fraction of sp³-hybridized carbons (Fsp3) is 0.0556. The molecule has 25 heavy (non-hydrogen) atoms. The van der Waals surface area contributed by atoms with Gasteiger partial charge in [0.2, 0.25) is 0 Å².